The minimum Gasteiger partial charge on any atom is -0.508 e. The van der Waals surface area contributed by atoms with E-state index in [1.54, 1.807) is 0 Å². The van der Waals surface area contributed by atoms with E-state index in [0.717, 1.165) is 25.7 Å². The van der Waals surface area contributed by atoms with Gasteiger partial charge >= 0.3 is 0 Å². The van der Waals surface area contributed by atoms with Crippen LogP contribution in [-0.2, 0) is 9.84 Å². The Balaban J connectivity index is 1.88. The number of hydrogen-bond donors (Lipinski definition) is 1. The second kappa shape index (κ2) is 5.63. The molecular weight excluding hydrogens is 358 g/mol. The summed E-state index contributed by atoms with van der Waals surface area (Å²) in [5.74, 6) is 0.323. The van der Waals surface area contributed by atoms with Gasteiger partial charge in [0.1, 0.15) is 5.76 Å². The zero-order valence-electron chi connectivity index (χ0n) is 16.8. The van der Waals surface area contributed by atoms with Gasteiger partial charge in [-0.05, 0) is 65.9 Å². The molecule has 1 aliphatic heterocycles. The molecule has 4 nitrogen and oxygen atoms in total. The lowest BCUT2D eigenvalue weighted by Gasteiger charge is -2.66. The minimum atomic E-state index is -3.42. The van der Waals surface area contributed by atoms with Crippen molar-refractivity contribution in [1.82, 2.24) is 0 Å². The van der Waals surface area contributed by atoms with Gasteiger partial charge in [0.25, 0.3) is 0 Å². The third-order valence-electron chi connectivity index (χ3n) is 8.79. The predicted molar refractivity (Wildman–Crippen MR) is 106 cm³/mol. The molecule has 0 spiro atoms. The van der Waals surface area contributed by atoms with Crippen LogP contribution in [0.4, 0.5) is 0 Å². The lowest BCUT2D eigenvalue weighted by atomic mass is 9.41. The zero-order chi connectivity index (χ0) is 19.8. The largest absolute Gasteiger partial charge is 0.508 e. The van der Waals surface area contributed by atoms with E-state index < -0.39 is 15.1 Å². The highest BCUT2D eigenvalue weighted by Gasteiger charge is 2.65. The summed E-state index contributed by atoms with van der Waals surface area (Å²) >= 11 is 0. The van der Waals surface area contributed by atoms with Gasteiger partial charge < -0.3 is 5.11 Å². The zero-order valence-corrected chi connectivity index (χ0v) is 17.6. The average molecular weight is 390 g/mol. The minimum absolute atomic E-state index is 0.0173. The SMILES string of the molecule is CC1(C)CCC[C@]2(C)[C@H]3CS(=O)(=O)C4C=C(O)C=C(C#N)C4[C@]3(C)CC[C@@H]12. The summed E-state index contributed by atoms with van der Waals surface area (Å²) in [6, 6.07) is 2.23. The molecule has 6 atom stereocenters. The summed E-state index contributed by atoms with van der Waals surface area (Å²) in [6.45, 7) is 9.23. The van der Waals surface area contributed by atoms with Gasteiger partial charge in [-0.1, -0.05) is 34.1 Å². The van der Waals surface area contributed by atoms with E-state index in [0.29, 0.717) is 11.5 Å². The van der Waals surface area contributed by atoms with Crippen molar-refractivity contribution in [2.75, 3.05) is 5.75 Å². The fourth-order valence-electron chi connectivity index (χ4n) is 7.66. The Morgan fingerprint density at radius 2 is 1.81 bits per heavy atom. The smallest absolute Gasteiger partial charge is 0.157 e. The van der Waals surface area contributed by atoms with Crippen molar-refractivity contribution < 1.29 is 13.5 Å². The summed E-state index contributed by atoms with van der Waals surface area (Å²) in [7, 11) is -3.42. The summed E-state index contributed by atoms with van der Waals surface area (Å²) in [6.07, 6.45) is 8.42. The first-order valence-electron chi connectivity index (χ1n) is 10.2. The van der Waals surface area contributed by atoms with Crippen LogP contribution in [0.5, 0.6) is 0 Å². The number of nitrogens with zero attached hydrogens (tertiary/aromatic N) is 1. The first kappa shape index (κ1) is 19.1. The van der Waals surface area contributed by atoms with E-state index >= 15 is 0 Å². The molecule has 1 saturated heterocycles. The lowest BCUT2D eigenvalue weighted by Crippen LogP contribution is -2.64. The molecule has 3 aliphatic carbocycles. The highest BCUT2D eigenvalue weighted by atomic mass is 32.2. The Bertz CT molecular complexity index is 878. The quantitative estimate of drug-likeness (QED) is 0.659. The highest BCUT2D eigenvalue weighted by molar-refractivity contribution is 7.92. The molecule has 0 radical (unpaired) electrons. The van der Waals surface area contributed by atoms with E-state index in [-0.39, 0.29) is 39.6 Å². The number of rotatable bonds is 0. The first-order valence-corrected chi connectivity index (χ1v) is 11.9. The van der Waals surface area contributed by atoms with Crippen LogP contribution in [0.1, 0.15) is 59.8 Å². The molecule has 2 unspecified atom stereocenters. The number of aliphatic hydroxyl groups excluding tert-OH is 1. The van der Waals surface area contributed by atoms with Crippen molar-refractivity contribution in [2.45, 2.75) is 65.0 Å². The molecule has 0 aromatic carbocycles. The van der Waals surface area contributed by atoms with E-state index in [1.807, 2.05) is 0 Å². The molecule has 0 bridgehead atoms. The second-order valence-corrected chi connectivity index (χ2v) is 12.8. The molecule has 2 saturated carbocycles. The lowest BCUT2D eigenvalue weighted by molar-refractivity contribution is -0.136. The fraction of sp³-hybridized carbons (Fsp3) is 0.773. The molecule has 148 valence electrons. The van der Waals surface area contributed by atoms with Crippen LogP contribution in [0.25, 0.3) is 0 Å². The molecule has 4 rings (SSSR count). The Morgan fingerprint density at radius 3 is 2.48 bits per heavy atom. The standard InChI is InChI=1S/C22H31NO3S/c1-20(2)7-5-8-21(3)17(20)6-9-22(4)18(21)13-27(25,26)16-11-15(24)10-14(12-23)19(16)22/h10-11,16-19,24H,5-9,13H2,1-4H3/t16?,17-,18+,19?,21-,22+/m0/s1. The average Bonchev–Trinajstić information content (AvgIpc) is 2.55. The molecule has 0 aromatic rings. The molecule has 1 heterocycles. The topological polar surface area (TPSA) is 78.2 Å². The molecule has 4 aliphatic rings. The van der Waals surface area contributed by atoms with Crippen LogP contribution < -0.4 is 0 Å². The molecular formula is C22H31NO3S. The Labute approximate surface area is 163 Å². The predicted octanol–water partition coefficient (Wildman–Crippen LogP) is 4.55. The highest BCUT2D eigenvalue weighted by Crippen LogP contribution is 2.68. The molecule has 0 amide bonds. The van der Waals surface area contributed by atoms with Crippen molar-refractivity contribution in [1.29, 1.82) is 5.26 Å². The van der Waals surface area contributed by atoms with Gasteiger partial charge in [-0.15, -0.1) is 0 Å². The number of hydrogen-bond acceptors (Lipinski definition) is 4. The van der Waals surface area contributed by atoms with Crippen LogP contribution in [0.2, 0.25) is 0 Å². The molecule has 0 aromatic heterocycles. The van der Waals surface area contributed by atoms with Crippen molar-refractivity contribution in [3.8, 4) is 6.07 Å². The van der Waals surface area contributed by atoms with Gasteiger partial charge in [0.2, 0.25) is 0 Å². The van der Waals surface area contributed by atoms with Gasteiger partial charge in [-0.25, -0.2) is 8.42 Å². The van der Waals surface area contributed by atoms with Crippen LogP contribution in [0, 0.1) is 45.3 Å². The van der Waals surface area contributed by atoms with Gasteiger partial charge in [0.05, 0.1) is 17.1 Å². The third-order valence-corrected chi connectivity index (χ3v) is 10.8. The van der Waals surface area contributed by atoms with Crippen LogP contribution in [-0.4, -0.2) is 24.5 Å². The number of allylic oxidation sites excluding steroid dienone is 2. The number of aliphatic hydroxyl groups is 1. The fourth-order valence-corrected chi connectivity index (χ4v) is 10.3. The summed E-state index contributed by atoms with van der Waals surface area (Å²) in [5.41, 5.74) is 0.422. The summed E-state index contributed by atoms with van der Waals surface area (Å²) in [4.78, 5) is 0. The Kier molecular flexibility index (Phi) is 3.97. The molecule has 3 fully saturated rings. The number of fused-ring (bicyclic) bond motifs is 5. The van der Waals surface area contributed by atoms with Gasteiger partial charge in [-0.3, -0.25) is 0 Å². The van der Waals surface area contributed by atoms with E-state index in [1.165, 1.54) is 18.6 Å². The van der Waals surface area contributed by atoms with Crippen molar-refractivity contribution in [3.63, 3.8) is 0 Å². The monoisotopic (exact) mass is 389 g/mol. The molecule has 27 heavy (non-hydrogen) atoms. The van der Waals surface area contributed by atoms with Crippen molar-refractivity contribution in [2.24, 2.45) is 34.0 Å². The van der Waals surface area contributed by atoms with Crippen LogP contribution in [0.15, 0.2) is 23.5 Å². The van der Waals surface area contributed by atoms with Crippen LogP contribution >= 0.6 is 0 Å². The summed E-state index contributed by atoms with van der Waals surface area (Å²) in [5, 5.41) is 19.0. The van der Waals surface area contributed by atoms with Gasteiger partial charge in [-0.2, -0.15) is 5.26 Å². The van der Waals surface area contributed by atoms with Gasteiger partial charge in [0, 0.05) is 11.5 Å². The van der Waals surface area contributed by atoms with Gasteiger partial charge in [0.15, 0.2) is 9.84 Å². The maximum absolute atomic E-state index is 13.3. The molecule has 5 heteroatoms. The van der Waals surface area contributed by atoms with Crippen molar-refractivity contribution in [3.05, 3.63) is 23.5 Å². The second-order valence-electron chi connectivity index (χ2n) is 10.6. The third kappa shape index (κ3) is 2.48. The maximum Gasteiger partial charge on any atom is 0.157 e. The maximum atomic E-state index is 13.3. The molecule has 1 N–H and O–H groups in total. The number of nitriles is 1. The first-order chi connectivity index (χ1) is 12.5. The Morgan fingerprint density at radius 1 is 1.11 bits per heavy atom. The van der Waals surface area contributed by atoms with E-state index in [4.69, 9.17) is 0 Å². The van der Waals surface area contributed by atoms with Crippen LogP contribution in [0.3, 0.4) is 0 Å². The van der Waals surface area contributed by atoms with E-state index in [2.05, 4.69) is 33.8 Å². The normalized spacial score (nSPS) is 47.4. The summed E-state index contributed by atoms with van der Waals surface area (Å²) < 4.78 is 26.6. The van der Waals surface area contributed by atoms with Crippen molar-refractivity contribution >= 4 is 9.84 Å². The number of sulfone groups is 1. The van der Waals surface area contributed by atoms with E-state index in [9.17, 15) is 18.8 Å². The Hall–Kier alpha value is -1.28.